The number of carbonyl (C=O) groups excluding carboxylic acids is 1. The zero-order valence-corrected chi connectivity index (χ0v) is 15.3. The summed E-state index contributed by atoms with van der Waals surface area (Å²) < 4.78 is 0. The largest absolute Gasteiger partial charge is 0.326 e. The molecule has 25 heavy (non-hydrogen) atoms. The molecular weight excluding hydrogens is 330 g/mol. The van der Waals surface area contributed by atoms with Crippen molar-refractivity contribution in [1.29, 1.82) is 0 Å². The van der Waals surface area contributed by atoms with Gasteiger partial charge in [-0.25, -0.2) is 4.98 Å². The smallest absolute Gasteiger partial charge is 0.224 e. The fourth-order valence-corrected chi connectivity index (χ4v) is 3.51. The van der Waals surface area contributed by atoms with E-state index in [1.54, 1.807) is 23.7 Å². The van der Waals surface area contributed by atoms with Crippen molar-refractivity contribution in [2.75, 3.05) is 5.32 Å². The van der Waals surface area contributed by atoms with Crippen LogP contribution in [0.3, 0.4) is 0 Å². The lowest BCUT2D eigenvalue weighted by Crippen LogP contribution is -2.14. The molecule has 0 atom stereocenters. The second-order valence-corrected chi connectivity index (χ2v) is 6.82. The van der Waals surface area contributed by atoms with Gasteiger partial charge >= 0.3 is 0 Å². The zero-order valence-electron chi connectivity index (χ0n) is 14.5. The van der Waals surface area contributed by atoms with Crippen LogP contribution in [-0.2, 0) is 17.6 Å². The highest BCUT2D eigenvalue weighted by molar-refractivity contribution is 7.09. The molecule has 3 aromatic rings. The number of aromatic nitrogens is 2. The van der Waals surface area contributed by atoms with Crippen LogP contribution in [0.1, 0.15) is 29.5 Å². The van der Waals surface area contributed by atoms with Gasteiger partial charge in [0, 0.05) is 41.9 Å². The van der Waals surface area contributed by atoms with Crippen LogP contribution in [0, 0.1) is 6.92 Å². The van der Waals surface area contributed by atoms with Gasteiger partial charge in [-0.1, -0.05) is 25.1 Å². The number of aryl methyl sites for hydroxylation is 3. The van der Waals surface area contributed by atoms with Gasteiger partial charge in [-0.3, -0.25) is 9.78 Å². The van der Waals surface area contributed by atoms with E-state index in [9.17, 15) is 4.79 Å². The van der Waals surface area contributed by atoms with Gasteiger partial charge in [-0.2, -0.15) is 0 Å². The summed E-state index contributed by atoms with van der Waals surface area (Å²) >= 11 is 1.59. The van der Waals surface area contributed by atoms with E-state index in [-0.39, 0.29) is 5.91 Å². The molecule has 0 unspecified atom stereocenters. The van der Waals surface area contributed by atoms with Gasteiger partial charge in [-0.15, -0.1) is 11.3 Å². The number of amides is 1. The van der Waals surface area contributed by atoms with E-state index in [4.69, 9.17) is 0 Å². The number of anilines is 1. The second kappa shape index (κ2) is 8.03. The maximum atomic E-state index is 12.3. The van der Waals surface area contributed by atoms with Crippen LogP contribution in [0.15, 0.2) is 48.1 Å². The minimum atomic E-state index is 0.0321. The first-order chi connectivity index (χ1) is 12.2. The van der Waals surface area contributed by atoms with Crippen molar-refractivity contribution in [1.82, 2.24) is 9.97 Å². The number of rotatable bonds is 6. The molecule has 1 aromatic carbocycles. The van der Waals surface area contributed by atoms with Gasteiger partial charge in [-0.05, 0) is 36.6 Å². The van der Waals surface area contributed by atoms with E-state index < -0.39 is 0 Å². The molecule has 0 fully saturated rings. The van der Waals surface area contributed by atoms with E-state index in [1.807, 2.05) is 36.6 Å². The van der Waals surface area contributed by atoms with Crippen LogP contribution < -0.4 is 5.32 Å². The van der Waals surface area contributed by atoms with Crippen molar-refractivity contribution >= 4 is 22.9 Å². The Labute approximate surface area is 152 Å². The van der Waals surface area contributed by atoms with Crippen LogP contribution in [-0.4, -0.2) is 15.9 Å². The average Bonchev–Trinajstić information content (AvgIpc) is 3.11. The molecule has 5 heteroatoms. The number of nitrogens with zero attached hydrogens (tertiary/aromatic N) is 2. The summed E-state index contributed by atoms with van der Waals surface area (Å²) in [6, 6.07) is 9.99. The number of hydrogen-bond acceptors (Lipinski definition) is 4. The molecule has 0 saturated carbocycles. The number of carbonyl (C=O) groups is 1. The lowest BCUT2D eigenvalue weighted by molar-refractivity contribution is -0.116. The Bertz CT molecular complexity index is 858. The number of benzene rings is 1. The molecule has 0 bridgehead atoms. The van der Waals surface area contributed by atoms with Gasteiger partial charge in [0.1, 0.15) is 0 Å². The maximum Gasteiger partial charge on any atom is 0.224 e. The molecular formula is C20H21N3OS. The van der Waals surface area contributed by atoms with Gasteiger partial charge in [0.05, 0.1) is 10.7 Å². The van der Waals surface area contributed by atoms with E-state index in [1.165, 1.54) is 5.56 Å². The van der Waals surface area contributed by atoms with Crippen molar-refractivity contribution in [3.8, 4) is 11.3 Å². The Morgan fingerprint density at radius 2 is 2.00 bits per heavy atom. The maximum absolute atomic E-state index is 12.3. The fourth-order valence-electron chi connectivity index (χ4n) is 2.71. The summed E-state index contributed by atoms with van der Waals surface area (Å²) in [5.41, 5.74) is 5.21. The molecule has 0 aliphatic heterocycles. The summed E-state index contributed by atoms with van der Waals surface area (Å²) in [7, 11) is 0. The number of pyridine rings is 1. The molecule has 1 amide bonds. The zero-order chi connectivity index (χ0) is 17.6. The minimum absolute atomic E-state index is 0.0321. The highest BCUT2D eigenvalue weighted by Crippen LogP contribution is 2.23. The Morgan fingerprint density at radius 1 is 1.20 bits per heavy atom. The summed E-state index contributed by atoms with van der Waals surface area (Å²) in [5, 5.41) is 6.07. The Balaban J connectivity index is 1.61. The average molecular weight is 351 g/mol. The molecule has 0 saturated heterocycles. The van der Waals surface area contributed by atoms with Crippen molar-refractivity contribution in [3.05, 3.63) is 64.2 Å². The number of para-hydroxylation sites is 1. The third-order valence-electron chi connectivity index (χ3n) is 4.10. The molecule has 0 aliphatic rings. The molecule has 2 heterocycles. The van der Waals surface area contributed by atoms with Crippen LogP contribution in [0.2, 0.25) is 0 Å². The number of nitrogens with one attached hydrogen (secondary N) is 1. The Morgan fingerprint density at radius 3 is 2.76 bits per heavy atom. The normalized spacial score (nSPS) is 10.6. The summed E-state index contributed by atoms with van der Waals surface area (Å²) in [5.74, 6) is 0.0321. The predicted molar refractivity (Wildman–Crippen MR) is 103 cm³/mol. The van der Waals surface area contributed by atoms with E-state index in [0.29, 0.717) is 12.8 Å². The SMILES string of the molecule is CCc1cccc(C)c1NC(=O)CCc1nc(-c2ccncc2)cs1. The third-order valence-corrected chi connectivity index (χ3v) is 5.01. The Kier molecular flexibility index (Phi) is 5.56. The molecule has 0 aliphatic carbocycles. The summed E-state index contributed by atoms with van der Waals surface area (Å²) in [6.07, 6.45) is 5.50. The third kappa shape index (κ3) is 4.31. The van der Waals surface area contributed by atoms with Crippen LogP contribution in [0.4, 0.5) is 5.69 Å². The van der Waals surface area contributed by atoms with Gasteiger partial charge < -0.3 is 5.32 Å². The first-order valence-corrected chi connectivity index (χ1v) is 9.28. The monoisotopic (exact) mass is 351 g/mol. The van der Waals surface area contributed by atoms with Crippen molar-refractivity contribution in [3.63, 3.8) is 0 Å². The van der Waals surface area contributed by atoms with Crippen molar-refractivity contribution in [2.45, 2.75) is 33.1 Å². The molecule has 0 radical (unpaired) electrons. The quantitative estimate of drug-likeness (QED) is 0.703. The lowest BCUT2D eigenvalue weighted by Gasteiger charge is -2.12. The fraction of sp³-hybridized carbons (Fsp3) is 0.250. The van der Waals surface area contributed by atoms with Gasteiger partial charge in [0.2, 0.25) is 5.91 Å². The lowest BCUT2D eigenvalue weighted by atomic mass is 10.1. The van der Waals surface area contributed by atoms with E-state index in [2.05, 4.69) is 28.3 Å². The highest BCUT2D eigenvalue weighted by Gasteiger charge is 2.10. The van der Waals surface area contributed by atoms with Gasteiger partial charge in [0.25, 0.3) is 0 Å². The van der Waals surface area contributed by atoms with E-state index >= 15 is 0 Å². The summed E-state index contributed by atoms with van der Waals surface area (Å²) in [4.78, 5) is 21.0. The molecule has 3 rings (SSSR count). The molecule has 2 aromatic heterocycles. The minimum Gasteiger partial charge on any atom is -0.326 e. The molecule has 1 N–H and O–H groups in total. The van der Waals surface area contributed by atoms with Crippen molar-refractivity contribution in [2.24, 2.45) is 0 Å². The summed E-state index contributed by atoms with van der Waals surface area (Å²) in [6.45, 7) is 4.12. The highest BCUT2D eigenvalue weighted by atomic mass is 32.1. The van der Waals surface area contributed by atoms with Crippen LogP contribution in [0.25, 0.3) is 11.3 Å². The molecule has 0 spiro atoms. The number of thiazole rings is 1. The predicted octanol–water partition coefficient (Wildman–Crippen LogP) is 4.65. The first kappa shape index (κ1) is 17.3. The van der Waals surface area contributed by atoms with E-state index in [0.717, 1.165) is 33.9 Å². The van der Waals surface area contributed by atoms with Crippen molar-refractivity contribution < 1.29 is 4.79 Å². The first-order valence-electron chi connectivity index (χ1n) is 8.40. The molecule has 128 valence electrons. The standard InChI is InChI=1S/C20H21N3OS/c1-3-15-6-4-5-14(2)20(15)23-18(24)7-8-19-22-17(13-25-19)16-9-11-21-12-10-16/h4-6,9-13H,3,7-8H2,1-2H3,(H,23,24). The van der Waals surface area contributed by atoms with Crippen LogP contribution in [0.5, 0.6) is 0 Å². The second-order valence-electron chi connectivity index (χ2n) is 5.87. The molecule has 4 nitrogen and oxygen atoms in total. The van der Waals surface area contributed by atoms with Crippen LogP contribution >= 0.6 is 11.3 Å². The number of hydrogen-bond donors (Lipinski definition) is 1. The Hall–Kier alpha value is -2.53. The van der Waals surface area contributed by atoms with Gasteiger partial charge in [0.15, 0.2) is 0 Å². The topological polar surface area (TPSA) is 54.9 Å².